The minimum absolute atomic E-state index is 0.120. The van der Waals surface area contributed by atoms with Crippen molar-refractivity contribution in [2.45, 2.75) is 62.1 Å². The standard InChI is InChI=1S/C26H31N3O5S/c1-26(2,31)24(19-6-4-3-5-7-19)28-25(30)20-8-12-21(13-9-20)29-35(32,33)22-14-10-18(11-15-22)23-16-27-17-34-23/h3-7,10-11,14-17,20-21,24,29,31H,8-9,12-13H2,1-2H3,(H,28,30)/t20?,21?,24-/m0/s1. The largest absolute Gasteiger partial charge is 0.444 e. The van der Waals surface area contributed by atoms with Gasteiger partial charge in [-0.3, -0.25) is 4.79 Å². The van der Waals surface area contributed by atoms with Crippen LogP contribution < -0.4 is 10.0 Å². The number of sulfonamides is 1. The summed E-state index contributed by atoms with van der Waals surface area (Å²) in [7, 11) is -3.69. The number of hydrogen-bond acceptors (Lipinski definition) is 6. The van der Waals surface area contributed by atoms with E-state index in [4.69, 9.17) is 4.42 Å². The summed E-state index contributed by atoms with van der Waals surface area (Å²) in [6.45, 7) is 3.35. The summed E-state index contributed by atoms with van der Waals surface area (Å²) < 4.78 is 33.8. The molecule has 0 saturated heterocycles. The molecule has 4 rings (SSSR count). The Labute approximate surface area is 205 Å². The first-order valence-corrected chi connectivity index (χ1v) is 13.2. The number of nitrogens with zero attached hydrogens (tertiary/aromatic N) is 1. The number of aliphatic hydroxyl groups is 1. The molecule has 3 N–H and O–H groups in total. The van der Waals surface area contributed by atoms with Gasteiger partial charge in [0.2, 0.25) is 15.9 Å². The topological polar surface area (TPSA) is 122 Å². The first kappa shape index (κ1) is 25.1. The number of aromatic nitrogens is 1. The van der Waals surface area contributed by atoms with E-state index < -0.39 is 21.7 Å². The second-order valence-electron chi connectivity index (χ2n) is 9.57. The molecule has 0 bridgehead atoms. The van der Waals surface area contributed by atoms with E-state index >= 15 is 0 Å². The first-order valence-electron chi connectivity index (χ1n) is 11.7. The van der Waals surface area contributed by atoms with E-state index in [1.54, 1.807) is 44.3 Å². The van der Waals surface area contributed by atoms with Crippen LogP contribution in [-0.2, 0) is 14.8 Å². The summed E-state index contributed by atoms with van der Waals surface area (Å²) in [4.78, 5) is 17.0. The second-order valence-corrected chi connectivity index (χ2v) is 11.3. The van der Waals surface area contributed by atoms with Crippen LogP contribution in [0.3, 0.4) is 0 Å². The van der Waals surface area contributed by atoms with Gasteiger partial charge < -0.3 is 14.8 Å². The molecule has 1 aliphatic rings. The molecule has 1 fully saturated rings. The number of rotatable bonds is 8. The molecule has 0 spiro atoms. The lowest BCUT2D eigenvalue weighted by Gasteiger charge is -2.34. The zero-order chi connectivity index (χ0) is 25.1. The third kappa shape index (κ3) is 6.17. The maximum absolute atomic E-state index is 13.0. The van der Waals surface area contributed by atoms with Crippen LogP contribution in [0.4, 0.5) is 0 Å². The molecule has 1 atom stereocenters. The third-order valence-corrected chi connectivity index (χ3v) is 7.96. The second kappa shape index (κ2) is 10.3. The van der Waals surface area contributed by atoms with Crippen LogP contribution in [0.5, 0.6) is 0 Å². The van der Waals surface area contributed by atoms with E-state index in [9.17, 15) is 18.3 Å². The molecule has 186 valence electrons. The SMILES string of the molecule is CC(C)(O)[C@@H](NC(=O)C1CCC(NS(=O)(=O)c2ccc(-c3cnco3)cc2)CC1)c1ccccc1. The molecule has 9 heteroatoms. The fourth-order valence-corrected chi connectivity index (χ4v) is 5.80. The van der Waals surface area contributed by atoms with Crippen molar-refractivity contribution < 1.29 is 22.7 Å². The maximum atomic E-state index is 13.0. The zero-order valence-electron chi connectivity index (χ0n) is 19.8. The molecule has 1 amide bonds. The molecular formula is C26H31N3O5S. The van der Waals surface area contributed by atoms with Gasteiger partial charge in [-0.05, 0) is 69.4 Å². The van der Waals surface area contributed by atoms with Crippen LogP contribution in [-0.4, -0.2) is 36.1 Å². The van der Waals surface area contributed by atoms with Crippen molar-refractivity contribution in [3.8, 4) is 11.3 Å². The minimum Gasteiger partial charge on any atom is -0.444 e. The third-order valence-electron chi connectivity index (χ3n) is 6.43. The fraction of sp³-hybridized carbons (Fsp3) is 0.385. The van der Waals surface area contributed by atoms with Crippen LogP contribution in [0.1, 0.15) is 51.1 Å². The molecular weight excluding hydrogens is 466 g/mol. The Morgan fingerprint density at radius 2 is 1.71 bits per heavy atom. The lowest BCUT2D eigenvalue weighted by atomic mass is 9.84. The lowest BCUT2D eigenvalue weighted by Crippen LogP contribution is -2.46. The molecule has 1 saturated carbocycles. The van der Waals surface area contributed by atoms with Gasteiger partial charge in [0.05, 0.1) is 22.7 Å². The van der Waals surface area contributed by atoms with Crippen LogP contribution in [0.25, 0.3) is 11.3 Å². The quantitative estimate of drug-likeness (QED) is 0.435. The van der Waals surface area contributed by atoms with Gasteiger partial charge in [0.1, 0.15) is 0 Å². The summed E-state index contributed by atoms with van der Waals surface area (Å²) in [6.07, 6.45) is 5.15. The van der Waals surface area contributed by atoms with Crippen LogP contribution >= 0.6 is 0 Å². The van der Waals surface area contributed by atoms with Gasteiger partial charge in [0, 0.05) is 17.5 Å². The van der Waals surface area contributed by atoms with E-state index in [1.807, 2.05) is 30.3 Å². The number of nitrogens with one attached hydrogen (secondary N) is 2. The predicted molar refractivity (Wildman–Crippen MR) is 132 cm³/mol. The maximum Gasteiger partial charge on any atom is 0.240 e. The molecule has 8 nitrogen and oxygen atoms in total. The van der Waals surface area contributed by atoms with E-state index in [0.717, 1.165) is 11.1 Å². The highest BCUT2D eigenvalue weighted by Gasteiger charge is 2.34. The first-order chi connectivity index (χ1) is 16.6. The van der Waals surface area contributed by atoms with Crippen molar-refractivity contribution in [3.05, 3.63) is 72.8 Å². The van der Waals surface area contributed by atoms with Crippen molar-refractivity contribution in [1.82, 2.24) is 15.0 Å². The van der Waals surface area contributed by atoms with E-state index in [-0.39, 0.29) is 22.8 Å². The Bertz CT molecular complexity index is 1210. The summed E-state index contributed by atoms with van der Waals surface area (Å²) in [6, 6.07) is 15.1. The van der Waals surface area contributed by atoms with Crippen LogP contribution in [0.15, 0.2) is 76.5 Å². The Hall–Kier alpha value is -3.01. The lowest BCUT2D eigenvalue weighted by molar-refractivity contribution is -0.128. The minimum atomic E-state index is -3.69. The van der Waals surface area contributed by atoms with Gasteiger partial charge in [-0.1, -0.05) is 30.3 Å². The van der Waals surface area contributed by atoms with Crippen molar-refractivity contribution in [1.29, 1.82) is 0 Å². The van der Waals surface area contributed by atoms with Gasteiger partial charge >= 0.3 is 0 Å². The van der Waals surface area contributed by atoms with Crippen LogP contribution in [0.2, 0.25) is 0 Å². The molecule has 0 aliphatic heterocycles. The molecule has 1 aromatic heterocycles. The number of carbonyl (C=O) groups excluding carboxylic acids is 1. The number of hydrogen-bond donors (Lipinski definition) is 3. The molecule has 35 heavy (non-hydrogen) atoms. The van der Waals surface area contributed by atoms with Gasteiger partial charge in [-0.15, -0.1) is 0 Å². The van der Waals surface area contributed by atoms with Crippen molar-refractivity contribution >= 4 is 15.9 Å². The predicted octanol–water partition coefficient (Wildman–Crippen LogP) is 3.81. The van der Waals surface area contributed by atoms with E-state index in [0.29, 0.717) is 31.4 Å². The Kier molecular flexibility index (Phi) is 7.39. The Balaban J connectivity index is 1.33. The van der Waals surface area contributed by atoms with E-state index in [1.165, 1.54) is 6.39 Å². The zero-order valence-corrected chi connectivity index (χ0v) is 20.7. The molecule has 1 heterocycles. The van der Waals surface area contributed by atoms with Crippen molar-refractivity contribution in [2.75, 3.05) is 0 Å². The number of carbonyl (C=O) groups is 1. The highest BCUT2D eigenvalue weighted by molar-refractivity contribution is 7.89. The average molecular weight is 498 g/mol. The monoisotopic (exact) mass is 497 g/mol. The molecule has 2 aromatic carbocycles. The number of oxazole rings is 1. The van der Waals surface area contributed by atoms with Crippen molar-refractivity contribution in [3.63, 3.8) is 0 Å². The summed E-state index contributed by atoms with van der Waals surface area (Å²) in [5.41, 5.74) is 0.448. The van der Waals surface area contributed by atoms with Gasteiger partial charge in [0.25, 0.3) is 0 Å². The molecule has 0 radical (unpaired) electrons. The van der Waals surface area contributed by atoms with Crippen LogP contribution in [0, 0.1) is 5.92 Å². The number of amides is 1. The number of benzene rings is 2. The van der Waals surface area contributed by atoms with Crippen molar-refractivity contribution in [2.24, 2.45) is 5.92 Å². The van der Waals surface area contributed by atoms with E-state index in [2.05, 4.69) is 15.0 Å². The smallest absolute Gasteiger partial charge is 0.240 e. The molecule has 3 aromatic rings. The Morgan fingerprint density at radius 1 is 1.06 bits per heavy atom. The van der Waals surface area contributed by atoms with Gasteiger partial charge in [-0.25, -0.2) is 18.1 Å². The molecule has 1 aliphatic carbocycles. The average Bonchev–Trinajstić information content (AvgIpc) is 3.38. The van der Waals surface area contributed by atoms with Gasteiger partial charge in [0.15, 0.2) is 12.2 Å². The Morgan fingerprint density at radius 3 is 2.29 bits per heavy atom. The summed E-state index contributed by atoms with van der Waals surface area (Å²) in [5.74, 6) is 0.216. The summed E-state index contributed by atoms with van der Waals surface area (Å²) in [5, 5.41) is 13.6. The highest BCUT2D eigenvalue weighted by atomic mass is 32.2. The molecule has 0 unspecified atom stereocenters. The fourth-order valence-electron chi connectivity index (χ4n) is 4.49. The normalized spacial score (nSPS) is 19.7. The highest BCUT2D eigenvalue weighted by Crippen LogP contribution is 2.30. The summed E-state index contributed by atoms with van der Waals surface area (Å²) >= 11 is 0. The van der Waals surface area contributed by atoms with Gasteiger partial charge in [-0.2, -0.15) is 0 Å².